The van der Waals surface area contributed by atoms with Gasteiger partial charge in [0.2, 0.25) is 0 Å². The molecule has 0 amide bonds. The quantitative estimate of drug-likeness (QED) is 0.837. The maximum atomic E-state index is 12.5. The summed E-state index contributed by atoms with van der Waals surface area (Å²) in [5.41, 5.74) is 0.160. The van der Waals surface area contributed by atoms with Crippen molar-refractivity contribution in [1.82, 2.24) is 5.32 Å². The van der Waals surface area contributed by atoms with Crippen molar-refractivity contribution in [3.05, 3.63) is 35.4 Å². The predicted octanol–water partition coefficient (Wildman–Crippen LogP) is 3.02. The van der Waals surface area contributed by atoms with Crippen LogP contribution in [0.4, 0.5) is 13.2 Å². The Morgan fingerprint density at radius 1 is 1.15 bits per heavy atom. The van der Waals surface area contributed by atoms with Crippen LogP contribution in [0, 0.1) is 0 Å². The third-order valence-corrected chi connectivity index (χ3v) is 3.08. The molecule has 1 N–H and O–H groups in total. The van der Waals surface area contributed by atoms with Crippen LogP contribution in [0.3, 0.4) is 0 Å². The number of hydrogen-bond acceptors (Lipinski definition) is 3. The standard InChI is InChI=1S/C14H20F3NO2/c1-10(18-8-13(20-3)9-19-2)11-4-6-12(7-5-11)14(15,16)17/h4-7,10,13,18H,8-9H2,1-3H3. The molecule has 0 aliphatic rings. The summed E-state index contributed by atoms with van der Waals surface area (Å²) in [5.74, 6) is 0. The highest BCUT2D eigenvalue weighted by Crippen LogP contribution is 2.29. The molecule has 20 heavy (non-hydrogen) atoms. The first kappa shape index (κ1) is 16.9. The zero-order valence-corrected chi connectivity index (χ0v) is 11.8. The minimum absolute atomic E-state index is 0.0632. The summed E-state index contributed by atoms with van der Waals surface area (Å²) in [5, 5.41) is 3.21. The summed E-state index contributed by atoms with van der Waals surface area (Å²) >= 11 is 0. The van der Waals surface area contributed by atoms with E-state index in [-0.39, 0.29) is 12.1 Å². The molecule has 0 spiro atoms. The second-order valence-corrected chi connectivity index (χ2v) is 4.56. The van der Waals surface area contributed by atoms with Gasteiger partial charge in [-0.1, -0.05) is 12.1 Å². The van der Waals surface area contributed by atoms with Crippen molar-refractivity contribution in [2.75, 3.05) is 27.4 Å². The smallest absolute Gasteiger partial charge is 0.382 e. The maximum Gasteiger partial charge on any atom is 0.416 e. The summed E-state index contributed by atoms with van der Waals surface area (Å²) in [6.45, 7) is 2.91. The molecule has 1 aromatic rings. The number of methoxy groups -OCH3 is 2. The molecule has 0 radical (unpaired) electrons. The monoisotopic (exact) mass is 291 g/mol. The zero-order chi connectivity index (χ0) is 15.2. The van der Waals surface area contributed by atoms with E-state index in [0.717, 1.165) is 17.7 Å². The van der Waals surface area contributed by atoms with Crippen LogP contribution in [0.1, 0.15) is 24.1 Å². The largest absolute Gasteiger partial charge is 0.416 e. The lowest BCUT2D eigenvalue weighted by Gasteiger charge is -2.20. The molecule has 0 bridgehead atoms. The maximum absolute atomic E-state index is 12.5. The van der Waals surface area contributed by atoms with Crippen molar-refractivity contribution < 1.29 is 22.6 Å². The molecular formula is C14H20F3NO2. The second kappa shape index (κ2) is 7.61. The number of alkyl halides is 3. The van der Waals surface area contributed by atoms with Gasteiger partial charge in [-0.2, -0.15) is 13.2 Å². The van der Waals surface area contributed by atoms with Gasteiger partial charge in [-0.15, -0.1) is 0 Å². The fourth-order valence-electron chi connectivity index (χ4n) is 1.78. The number of hydrogen-bond donors (Lipinski definition) is 1. The van der Waals surface area contributed by atoms with Gasteiger partial charge in [0.25, 0.3) is 0 Å². The lowest BCUT2D eigenvalue weighted by molar-refractivity contribution is -0.137. The molecular weight excluding hydrogens is 271 g/mol. The molecule has 0 saturated carbocycles. The SMILES string of the molecule is COCC(CNC(C)c1ccc(C(F)(F)F)cc1)OC. The zero-order valence-electron chi connectivity index (χ0n) is 11.8. The molecule has 0 heterocycles. The first-order chi connectivity index (χ1) is 9.38. The van der Waals surface area contributed by atoms with E-state index in [1.807, 2.05) is 6.92 Å². The van der Waals surface area contributed by atoms with Crippen molar-refractivity contribution >= 4 is 0 Å². The van der Waals surface area contributed by atoms with Crippen LogP contribution in [-0.4, -0.2) is 33.5 Å². The molecule has 2 atom stereocenters. The minimum Gasteiger partial charge on any atom is -0.382 e. The number of ether oxygens (including phenoxy) is 2. The number of nitrogens with one attached hydrogen (secondary N) is 1. The van der Waals surface area contributed by atoms with Crippen LogP contribution in [0.15, 0.2) is 24.3 Å². The van der Waals surface area contributed by atoms with Gasteiger partial charge in [0, 0.05) is 26.8 Å². The molecule has 0 fully saturated rings. The lowest BCUT2D eigenvalue weighted by atomic mass is 10.1. The molecule has 114 valence electrons. The van der Waals surface area contributed by atoms with E-state index in [4.69, 9.17) is 9.47 Å². The molecule has 0 aliphatic heterocycles. The average Bonchev–Trinajstić information content (AvgIpc) is 2.42. The van der Waals surface area contributed by atoms with Crippen LogP contribution in [0.2, 0.25) is 0 Å². The molecule has 1 rings (SSSR count). The molecule has 0 aromatic heterocycles. The van der Waals surface area contributed by atoms with Gasteiger partial charge in [0.05, 0.1) is 18.3 Å². The first-order valence-electron chi connectivity index (χ1n) is 6.30. The summed E-state index contributed by atoms with van der Waals surface area (Å²) in [4.78, 5) is 0. The Bertz CT molecular complexity index is 392. The van der Waals surface area contributed by atoms with Crippen LogP contribution in [0.5, 0.6) is 0 Å². The van der Waals surface area contributed by atoms with Crippen LogP contribution in [0.25, 0.3) is 0 Å². The van der Waals surface area contributed by atoms with Crippen LogP contribution >= 0.6 is 0 Å². The van der Waals surface area contributed by atoms with E-state index in [9.17, 15) is 13.2 Å². The summed E-state index contributed by atoms with van der Waals surface area (Å²) in [6, 6.07) is 5.09. The molecule has 6 heteroatoms. The van der Waals surface area contributed by atoms with E-state index < -0.39 is 11.7 Å². The van der Waals surface area contributed by atoms with Gasteiger partial charge < -0.3 is 14.8 Å². The molecule has 1 aromatic carbocycles. The van der Waals surface area contributed by atoms with Crippen LogP contribution < -0.4 is 5.32 Å². The van der Waals surface area contributed by atoms with Crippen molar-refractivity contribution in [1.29, 1.82) is 0 Å². The third-order valence-electron chi connectivity index (χ3n) is 3.08. The second-order valence-electron chi connectivity index (χ2n) is 4.56. The normalized spacial score (nSPS) is 15.1. The van der Waals surface area contributed by atoms with Crippen molar-refractivity contribution in [2.45, 2.75) is 25.2 Å². The highest BCUT2D eigenvalue weighted by molar-refractivity contribution is 5.26. The Morgan fingerprint density at radius 2 is 1.75 bits per heavy atom. The molecule has 0 saturated heterocycles. The summed E-state index contributed by atoms with van der Waals surface area (Å²) < 4.78 is 47.6. The topological polar surface area (TPSA) is 30.5 Å². The number of benzene rings is 1. The van der Waals surface area contributed by atoms with Gasteiger partial charge in [-0.3, -0.25) is 0 Å². The molecule has 2 unspecified atom stereocenters. The fourth-order valence-corrected chi connectivity index (χ4v) is 1.78. The van der Waals surface area contributed by atoms with Gasteiger partial charge in [-0.05, 0) is 24.6 Å². The summed E-state index contributed by atoms with van der Waals surface area (Å²) in [7, 11) is 3.18. The van der Waals surface area contributed by atoms with Crippen LogP contribution in [-0.2, 0) is 15.7 Å². The number of rotatable bonds is 7. The fraction of sp³-hybridized carbons (Fsp3) is 0.571. The van der Waals surface area contributed by atoms with Gasteiger partial charge >= 0.3 is 6.18 Å². The Morgan fingerprint density at radius 3 is 2.20 bits per heavy atom. The van der Waals surface area contributed by atoms with E-state index in [1.54, 1.807) is 14.2 Å². The number of halogens is 3. The lowest BCUT2D eigenvalue weighted by Crippen LogP contribution is -2.33. The summed E-state index contributed by atoms with van der Waals surface area (Å²) in [6.07, 6.45) is -4.38. The predicted molar refractivity (Wildman–Crippen MR) is 70.5 cm³/mol. The van der Waals surface area contributed by atoms with Gasteiger partial charge in [0.15, 0.2) is 0 Å². The molecule has 3 nitrogen and oxygen atoms in total. The van der Waals surface area contributed by atoms with E-state index in [2.05, 4.69) is 5.32 Å². The Hall–Kier alpha value is -1.11. The highest BCUT2D eigenvalue weighted by Gasteiger charge is 2.30. The first-order valence-corrected chi connectivity index (χ1v) is 6.30. The van der Waals surface area contributed by atoms with Crippen molar-refractivity contribution in [3.8, 4) is 0 Å². The van der Waals surface area contributed by atoms with Crippen molar-refractivity contribution in [2.24, 2.45) is 0 Å². The Balaban J connectivity index is 2.57. The highest BCUT2D eigenvalue weighted by atomic mass is 19.4. The molecule has 0 aliphatic carbocycles. The van der Waals surface area contributed by atoms with Gasteiger partial charge in [0.1, 0.15) is 0 Å². The van der Waals surface area contributed by atoms with E-state index in [0.29, 0.717) is 13.2 Å². The minimum atomic E-state index is -4.30. The average molecular weight is 291 g/mol. The van der Waals surface area contributed by atoms with Gasteiger partial charge in [-0.25, -0.2) is 0 Å². The van der Waals surface area contributed by atoms with Crippen molar-refractivity contribution in [3.63, 3.8) is 0 Å². The van der Waals surface area contributed by atoms with E-state index in [1.165, 1.54) is 12.1 Å². The third kappa shape index (κ3) is 5.11. The Kier molecular flexibility index (Phi) is 6.45. The Labute approximate surface area is 117 Å². The van der Waals surface area contributed by atoms with E-state index >= 15 is 0 Å².